The summed E-state index contributed by atoms with van der Waals surface area (Å²) in [7, 11) is 0. The Labute approximate surface area is 97.8 Å². The standard InChI is InChI=1S/C11H12N4O2/c12-6-9-5-8(1-3-13-9)11(16)14-7-10-2-4-15-17-10/h1-5H,6-7,12H2,(H,14,16). The summed E-state index contributed by atoms with van der Waals surface area (Å²) in [6.45, 7) is 0.613. The zero-order valence-corrected chi connectivity index (χ0v) is 9.09. The molecule has 0 aliphatic carbocycles. The Kier molecular flexibility index (Phi) is 3.46. The molecule has 0 saturated carbocycles. The fourth-order valence-electron chi connectivity index (χ4n) is 1.33. The van der Waals surface area contributed by atoms with Crippen LogP contribution in [-0.4, -0.2) is 16.0 Å². The number of carbonyl (C=O) groups is 1. The number of nitrogens with one attached hydrogen (secondary N) is 1. The summed E-state index contributed by atoms with van der Waals surface area (Å²) >= 11 is 0. The normalized spacial score (nSPS) is 10.2. The highest BCUT2D eigenvalue weighted by Gasteiger charge is 2.07. The van der Waals surface area contributed by atoms with Crippen LogP contribution in [0.15, 0.2) is 35.1 Å². The van der Waals surface area contributed by atoms with Crippen molar-refractivity contribution in [2.75, 3.05) is 0 Å². The monoisotopic (exact) mass is 232 g/mol. The average molecular weight is 232 g/mol. The highest BCUT2D eigenvalue weighted by Crippen LogP contribution is 2.02. The van der Waals surface area contributed by atoms with E-state index in [4.69, 9.17) is 10.3 Å². The third-order valence-corrected chi connectivity index (χ3v) is 2.20. The van der Waals surface area contributed by atoms with Crippen LogP contribution >= 0.6 is 0 Å². The van der Waals surface area contributed by atoms with Crippen molar-refractivity contribution in [3.8, 4) is 0 Å². The molecule has 17 heavy (non-hydrogen) atoms. The van der Waals surface area contributed by atoms with Gasteiger partial charge in [-0.15, -0.1) is 0 Å². The minimum absolute atomic E-state index is 0.196. The summed E-state index contributed by atoms with van der Waals surface area (Å²) in [5, 5.41) is 6.26. The van der Waals surface area contributed by atoms with Gasteiger partial charge in [-0.3, -0.25) is 9.78 Å². The molecule has 0 atom stereocenters. The van der Waals surface area contributed by atoms with Crippen molar-refractivity contribution in [3.05, 3.63) is 47.6 Å². The molecule has 0 aliphatic rings. The minimum atomic E-state index is -0.196. The molecule has 6 heteroatoms. The van der Waals surface area contributed by atoms with Crippen molar-refractivity contribution in [1.29, 1.82) is 0 Å². The lowest BCUT2D eigenvalue weighted by molar-refractivity contribution is 0.0947. The van der Waals surface area contributed by atoms with Crippen molar-refractivity contribution in [1.82, 2.24) is 15.5 Å². The number of carbonyl (C=O) groups excluding carboxylic acids is 1. The van der Waals surface area contributed by atoms with E-state index in [-0.39, 0.29) is 5.91 Å². The lowest BCUT2D eigenvalue weighted by atomic mass is 10.2. The third-order valence-electron chi connectivity index (χ3n) is 2.20. The van der Waals surface area contributed by atoms with E-state index in [1.165, 1.54) is 6.20 Å². The largest absolute Gasteiger partial charge is 0.360 e. The molecule has 0 bridgehead atoms. The molecule has 3 N–H and O–H groups in total. The van der Waals surface area contributed by atoms with Crippen LogP contribution < -0.4 is 11.1 Å². The Balaban J connectivity index is 1.99. The van der Waals surface area contributed by atoms with Gasteiger partial charge in [0, 0.05) is 24.4 Å². The van der Waals surface area contributed by atoms with Crippen LogP contribution in [-0.2, 0) is 13.1 Å². The van der Waals surface area contributed by atoms with Gasteiger partial charge in [-0.2, -0.15) is 0 Å². The zero-order chi connectivity index (χ0) is 12.1. The molecule has 0 saturated heterocycles. The molecular formula is C11H12N4O2. The number of nitrogens with zero attached hydrogens (tertiary/aromatic N) is 2. The molecule has 0 aliphatic heterocycles. The molecule has 2 aromatic heterocycles. The van der Waals surface area contributed by atoms with Gasteiger partial charge in [0.25, 0.3) is 5.91 Å². The van der Waals surface area contributed by atoms with Crippen LogP contribution in [0, 0.1) is 0 Å². The number of hydrogen-bond donors (Lipinski definition) is 2. The zero-order valence-electron chi connectivity index (χ0n) is 9.09. The summed E-state index contributed by atoms with van der Waals surface area (Å²) in [6, 6.07) is 4.99. The first-order valence-corrected chi connectivity index (χ1v) is 5.12. The molecule has 2 heterocycles. The van der Waals surface area contributed by atoms with Crippen molar-refractivity contribution in [3.63, 3.8) is 0 Å². The van der Waals surface area contributed by atoms with Crippen molar-refractivity contribution in [2.45, 2.75) is 13.1 Å². The van der Waals surface area contributed by atoms with Gasteiger partial charge in [0.2, 0.25) is 0 Å². The second-order valence-corrected chi connectivity index (χ2v) is 3.40. The van der Waals surface area contributed by atoms with E-state index in [0.717, 1.165) is 0 Å². The topological polar surface area (TPSA) is 94.0 Å². The van der Waals surface area contributed by atoms with Gasteiger partial charge in [0.1, 0.15) is 0 Å². The van der Waals surface area contributed by atoms with E-state index in [1.807, 2.05) is 0 Å². The van der Waals surface area contributed by atoms with Gasteiger partial charge in [-0.25, -0.2) is 0 Å². The SMILES string of the molecule is NCc1cc(C(=O)NCc2ccno2)ccn1. The third kappa shape index (κ3) is 2.88. The van der Waals surface area contributed by atoms with Gasteiger partial charge in [0.15, 0.2) is 5.76 Å². The van der Waals surface area contributed by atoms with E-state index >= 15 is 0 Å². The molecule has 0 spiro atoms. The molecule has 0 radical (unpaired) electrons. The second kappa shape index (κ2) is 5.22. The maximum atomic E-state index is 11.8. The number of aromatic nitrogens is 2. The lowest BCUT2D eigenvalue weighted by Gasteiger charge is -2.03. The maximum Gasteiger partial charge on any atom is 0.251 e. The van der Waals surface area contributed by atoms with Crippen LogP contribution in [0.1, 0.15) is 21.8 Å². The highest BCUT2D eigenvalue weighted by atomic mass is 16.5. The van der Waals surface area contributed by atoms with E-state index in [0.29, 0.717) is 30.1 Å². The Morgan fingerprint density at radius 3 is 3.00 bits per heavy atom. The molecule has 2 aromatic rings. The lowest BCUT2D eigenvalue weighted by Crippen LogP contribution is -2.22. The molecule has 0 unspecified atom stereocenters. The van der Waals surface area contributed by atoms with Crippen molar-refractivity contribution in [2.24, 2.45) is 5.73 Å². The molecular weight excluding hydrogens is 220 g/mol. The van der Waals surface area contributed by atoms with Gasteiger partial charge in [-0.1, -0.05) is 5.16 Å². The van der Waals surface area contributed by atoms with E-state index in [1.54, 1.807) is 24.4 Å². The number of hydrogen-bond acceptors (Lipinski definition) is 5. The number of rotatable bonds is 4. The Morgan fingerprint density at radius 1 is 1.41 bits per heavy atom. The van der Waals surface area contributed by atoms with E-state index < -0.39 is 0 Å². The fourth-order valence-corrected chi connectivity index (χ4v) is 1.33. The number of pyridine rings is 1. The highest BCUT2D eigenvalue weighted by molar-refractivity contribution is 5.94. The predicted octanol–water partition coefficient (Wildman–Crippen LogP) is 0.458. The maximum absolute atomic E-state index is 11.8. The average Bonchev–Trinajstić information content (AvgIpc) is 2.89. The predicted molar refractivity (Wildman–Crippen MR) is 59.8 cm³/mol. The van der Waals surface area contributed by atoms with Crippen LogP contribution in [0.25, 0.3) is 0 Å². The Hall–Kier alpha value is -2.21. The van der Waals surface area contributed by atoms with Gasteiger partial charge in [-0.05, 0) is 12.1 Å². The summed E-state index contributed by atoms with van der Waals surface area (Å²) in [4.78, 5) is 15.8. The molecule has 88 valence electrons. The van der Waals surface area contributed by atoms with E-state index in [2.05, 4.69) is 15.5 Å². The van der Waals surface area contributed by atoms with Crippen LogP contribution in [0.5, 0.6) is 0 Å². The molecule has 6 nitrogen and oxygen atoms in total. The minimum Gasteiger partial charge on any atom is -0.360 e. The summed E-state index contributed by atoms with van der Waals surface area (Å²) in [5.74, 6) is 0.407. The molecule has 1 amide bonds. The van der Waals surface area contributed by atoms with E-state index in [9.17, 15) is 4.79 Å². The Morgan fingerprint density at radius 2 is 2.29 bits per heavy atom. The smallest absolute Gasteiger partial charge is 0.251 e. The van der Waals surface area contributed by atoms with Gasteiger partial charge >= 0.3 is 0 Å². The number of amides is 1. The first-order chi connectivity index (χ1) is 8.29. The molecule has 0 fully saturated rings. The van der Waals surface area contributed by atoms with Gasteiger partial charge < -0.3 is 15.6 Å². The summed E-state index contributed by atoms with van der Waals surface area (Å²) in [5.41, 5.74) is 6.66. The van der Waals surface area contributed by atoms with Crippen molar-refractivity contribution >= 4 is 5.91 Å². The summed E-state index contributed by atoms with van der Waals surface area (Å²) < 4.78 is 4.87. The fraction of sp³-hybridized carbons (Fsp3) is 0.182. The van der Waals surface area contributed by atoms with Gasteiger partial charge in [0.05, 0.1) is 18.4 Å². The van der Waals surface area contributed by atoms with Crippen LogP contribution in [0.3, 0.4) is 0 Å². The first kappa shape index (κ1) is 11.3. The summed E-state index contributed by atoms with van der Waals surface area (Å²) in [6.07, 6.45) is 3.09. The quantitative estimate of drug-likeness (QED) is 0.798. The van der Waals surface area contributed by atoms with Crippen LogP contribution in [0.2, 0.25) is 0 Å². The van der Waals surface area contributed by atoms with Crippen LogP contribution in [0.4, 0.5) is 0 Å². The van der Waals surface area contributed by atoms with Crippen molar-refractivity contribution < 1.29 is 9.32 Å². The molecule has 2 rings (SSSR count). The second-order valence-electron chi connectivity index (χ2n) is 3.40. The first-order valence-electron chi connectivity index (χ1n) is 5.12. The Bertz CT molecular complexity index is 496. The molecule has 0 aromatic carbocycles. The number of nitrogens with two attached hydrogens (primary N) is 1.